The van der Waals surface area contributed by atoms with E-state index in [9.17, 15) is 0 Å². The average molecular weight is 249 g/mol. The van der Waals surface area contributed by atoms with Crippen molar-refractivity contribution in [1.29, 1.82) is 0 Å². The summed E-state index contributed by atoms with van der Waals surface area (Å²) in [6.45, 7) is 9.79. The van der Waals surface area contributed by atoms with Crippen molar-refractivity contribution in [2.24, 2.45) is 0 Å². The summed E-state index contributed by atoms with van der Waals surface area (Å²) >= 11 is 0. The number of anilines is 1. The molecule has 1 heterocycles. The van der Waals surface area contributed by atoms with E-state index in [0.717, 1.165) is 25.2 Å². The summed E-state index contributed by atoms with van der Waals surface area (Å²) in [6.07, 6.45) is 4.19. The molecule has 1 rings (SSSR count). The van der Waals surface area contributed by atoms with Gasteiger partial charge in [0.1, 0.15) is 5.82 Å². The van der Waals surface area contributed by atoms with Gasteiger partial charge in [-0.05, 0) is 32.4 Å². The van der Waals surface area contributed by atoms with E-state index in [-0.39, 0.29) is 0 Å². The van der Waals surface area contributed by atoms with Crippen molar-refractivity contribution in [1.82, 2.24) is 10.3 Å². The second-order valence-electron chi connectivity index (χ2n) is 4.78. The zero-order valence-electron chi connectivity index (χ0n) is 12.4. The van der Waals surface area contributed by atoms with E-state index >= 15 is 0 Å². The van der Waals surface area contributed by atoms with Gasteiger partial charge in [0, 0.05) is 30.9 Å². The largest absolute Gasteiger partial charge is 0.356 e. The Morgan fingerprint density at radius 2 is 1.94 bits per heavy atom. The lowest BCUT2D eigenvalue weighted by molar-refractivity contribution is 0.566. The molecule has 1 aromatic rings. The third-order valence-corrected chi connectivity index (χ3v) is 3.62. The Balaban J connectivity index is 3.00. The molecule has 0 saturated carbocycles. The summed E-state index contributed by atoms with van der Waals surface area (Å²) in [4.78, 5) is 6.91. The summed E-state index contributed by atoms with van der Waals surface area (Å²) in [5.41, 5.74) is 1.29. The minimum atomic E-state index is 0.343. The summed E-state index contributed by atoms with van der Waals surface area (Å²) in [5.74, 6) is 1.11. The van der Waals surface area contributed by atoms with Crippen LogP contribution in [0.15, 0.2) is 18.3 Å². The SMILES string of the molecule is CCNC(C)c1cccnc1N(C)C(CC)CC. The maximum atomic E-state index is 4.58. The topological polar surface area (TPSA) is 28.2 Å². The molecule has 0 saturated heterocycles. The third-order valence-electron chi connectivity index (χ3n) is 3.62. The fraction of sp³-hybridized carbons (Fsp3) is 0.667. The van der Waals surface area contributed by atoms with E-state index < -0.39 is 0 Å². The molecular formula is C15H27N3. The second-order valence-corrected chi connectivity index (χ2v) is 4.78. The molecule has 0 aliphatic carbocycles. The highest BCUT2D eigenvalue weighted by Gasteiger charge is 2.18. The molecule has 1 atom stereocenters. The maximum Gasteiger partial charge on any atom is 0.133 e. The summed E-state index contributed by atoms with van der Waals surface area (Å²) in [6, 6.07) is 5.10. The van der Waals surface area contributed by atoms with Gasteiger partial charge in [0.2, 0.25) is 0 Å². The molecule has 3 heteroatoms. The normalized spacial score (nSPS) is 12.8. The fourth-order valence-corrected chi connectivity index (χ4v) is 2.47. The van der Waals surface area contributed by atoms with E-state index in [1.165, 1.54) is 5.56 Å². The van der Waals surface area contributed by atoms with Crippen molar-refractivity contribution < 1.29 is 0 Å². The number of hydrogen-bond acceptors (Lipinski definition) is 3. The Morgan fingerprint density at radius 1 is 1.28 bits per heavy atom. The number of nitrogens with zero attached hydrogens (tertiary/aromatic N) is 2. The van der Waals surface area contributed by atoms with Crippen LogP contribution in [-0.4, -0.2) is 24.6 Å². The van der Waals surface area contributed by atoms with Gasteiger partial charge < -0.3 is 10.2 Å². The van der Waals surface area contributed by atoms with Crippen molar-refractivity contribution in [2.75, 3.05) is 18.5 Å². The Hall–Kier alpha value is -1.09. The standard InChI is InChI=1S/C15H27N3/c1-6-13(7-2)18(5)15-14(10-9-11-17-15)12(4)16-8-3/h9-13,16H,6-8H2,1-5H3. The van der Waals surface area contributed by atoms with Crippen molar-refractivity contribution in [2.45, 2.75) is 52.6 Å². The van der Waals surface area contributed by atoms with Crippen molar-refractivity contribution in [3.8, 4) is 0 Å². The molecule has 1 aromatic heterocycles. The monoisotopic (exact) mass is 249 g/mol. The number of hydrogen-bond donors (Lipinski definition) is 1. The minimum absolute atomic E-state index is 0.343. The lowest BCUT2D eigenvalue weighted by atomic mass is 10.1. The first-order chi connectivity index (χ1) is 8.65. The molecule has 1 N–H and O–H groups in total. The van der Waals surface area contributed by atoms with Crippen LogP contribution in [0, 0.1) is 0 Å². The van der Waals surface area contributed by atoms with E-state index in [1.807, 2.05) is 12.3 Å². The average Bonchev–Trinajstić information content (AvgIpc) is 2.40. The molecule has 0 aliphatic heterocycles. The number of pyridine rings is 1. The highest BCUT2D eigenvalue weighted by atomic mass is 15.2. The van der Waals surface area contributed by atoms with Crippen LogP contribution >= 0.6 is 0 Å². The van der Waals surface area contributed by atoms with Gasteiger partial charge in [-0.25, -0.2) is 4.98 Å². The first kappa shape index (κ1) is 15.0. The number of rotatable bonds is 7. The molecule has 18 heavy (non-hydrogen) atoms. The van der Waals surface area contributed by atoms with Gasteiger partial charge in [-0.15, -0.1) is 0 Å². The molecule has 0 radical (unpaired) electrons. The van der Waals surface area contributed by atoms with Crippen molar-refractivity contribution >= 4 is 5.82 Å². The van der Waals surface area contributed by atoms with Crippen LogP contribution in [0.5, 0.6) is 0 Å². The van der Waals surface area contributed by atoms with Crippen LogP contribution in [-0.2, 0) is 0 Å². The Morgan fingerprint density at radius 3 is 2.50 bits per heavy atom. The maximum absolute atomic E-state index is 4.58. The third kappa shape index (κ3) is 3.45. The second kappa shape index (κ2) is 7.37. The van der Waals surface area contributed by atoms with Gasteiger partial charge in [-0.3, -0.25) is 0 Å². The van der Waals surface area contributed by atoms with Crippen LogP contribution in [0.25, 0.3) is 0 Å². The minimum Gasteiger partial charge on any atom is -0.356 e. The first-order valence-corrected chi connectivity index (χ1v) is 7.06. The molecule has 0 aromatic carbocycles. The molecule has 3 nitrogen and oxygen atoms in total. The smallest absolute Gasteiger partial charge is 0.133 e. The van der Waals surface area contributed by atoms with Crippen molar-refractivity contribution in [3.63, 3.8) is 0 Å². The Kier molecular flexibility index (Phi) is 6.13. The van der Waals surface area contributed by atoms with Crippen LogP contribution in [0.4, 0.5) is 5.82 Å². The van der Waals surface area contributed by atoms with Crippen LogP contribution in [0.1, 0.15) is 52.1 Å². The van der Waals surface area contributed by atoms with Crippen LogP contribution < -0.4 is 10.2 Å². The van der Waals surface area contributed by atoms with Gasteiger partial charge in [0.15, 0.2) is 0 Å². The van der Waals surface area contributed by atoms with Gasteiger partial charge in [-0.1, -0.05) is 26.8 Å². The van der Waals surface area contributed by atoms with E-state index in [1.54, 1.807) is 0 Å². The van der Waals surface area contributed by atoms with Crippen molar-refractivity contribution in [3.05, 3.63) is 23.9 Å². The fourth-order valence-electron chi connectivity index (χ4n) is 2.47. The van der Waals surface area contributed by atoms with Crippen LogP contribution in [0.3, 0.4) is 0 Å². The van der Waals surface area contributed by atoms with Gasteiger partial charge in [0.25, 0.3) is 0 Å². The highest BCUT2D eigenvalue weighted by Crippen LogP contribution is 2.25. The van der Waals surface area contributed by atoms with E-state index in [2.05, 4.69) is 56.0 Å². The highest BCUT2D eigenvalue weighted by molar-refractivity contribution is 5.48. The Bertz CT molecular complexity index is 347. The lowest BCUT2D eigenvalue weighted by Gasteiger charge is -2.30. The predicted molar refractivity (Wildman–Crippen MR) is 79.1 cm³/mol. The Labute approximate surface area is 112 Å². The number of nitrogens with one attached hydrogen (secondary N) is 1. The zero-order chi connectivity index (χ0) is 13.5. The van der Waals surface area contributed by atoms with Gasteiger partial charge in [-0.2, -0.15) is 0 Å². The molecule has 1 unspecified atom stereocenters. The molecule has 0 aliphatic rings. The van der Waals surface area contributed by atoms with Gasteiger partial charge in [0.05, 0.1) is 0 Å². The molecule has 0 amide bonds. The van der Waals surface area contributed by atoms with E-state index in [4.69, 9.17) is 0 Å². The number of aromatic nitrogens is 1. The van der Waals surface area contributed by atoms with E-state index in [0.29, 0.717) is 12.1 Å². The molecule has 0 spiro atoms. The molecular weight excluding hydrogens is 222 g/mol. The molecule has 102 valence electrons. The quantitative estimate of drug-likeness (QED) is 0.803. The summed E-state index contributed by atoms with van der Waals surface area (Å²) in [5, 5.41) is 3.47. The molecule has 0 fully saturated rings. The summed E-state index contributed by atoms with van der Waals surface area (Å²) in [7, 11) is 2.15. The molecule has 0 bridgehead atoms. The zero-order valence-corrected chi connectivity index (χ0v) is 12.4. The lowest BCUT2D eigenvalue weighted by Crippen LogP contribution is -2.33. The summed E-state index contributed by atoms with van der Waals surface area (Å²) < 4.78 is 0. The van der Waals surface area contributed by atoms with Gasteiger partial charge >= 0.3 is 0 Å². The van der Waals surface area contributed by atoms with Crippen LogP contribution in [0.2, 0.25) is 0 Å². The predicted octanol–water partition coefficient (Wildman–Crippen LogP) is 3.38. The first-order valence-electron chi connectivity index (χ1n) is 7.06.